The van der Waals surface area contributed by atoms with E-state index in [0.29, 0.717) is 36.5 Å². The molecule has 0 unspecified atom stereocenters. The van der Waals surface area contributed by atoms with E-state index < -0.39 is 0 Å². The summed E-state index contributed by atoms with van der Waals surface area (Å²) in [6.45, 7) is -0.155. The van der Waals surface area contributed by atoms with Crippen molar-refractivity contribution in [3.63, 3.8) is 0 Å². The first-order valence-electron chi connectivity index (χ1n) is 6.98. The van der Waals surface area contributed by atoms with Crippen molar-refractivity contribution in [2.75, 3.05) is 11.9 Å². The van der Waals surface area contributed by atoms with Gasteiger partial charge in [-0.15, -0.1) is 10.2 Å². The first kappa shape index (κ1) is 17.9. The number of carbonyl (C=O) groups is 1. The number of amides is 1. The van der Waals surface area contributed by atoms with Crippen LogP contribution in [-0.4, -0.2) is 22.7 Å². The van der Waals surface area contributed by atoms with Crippen LogP contribution in [0.1, 0.15) is 0 Å². The lowest BCUT2D eigenvalue weighted by Gasteiger charge is -2.05. The van der Waals surface area contributed by atoms with Crippen LogP contribution < -0.4 is 10.1 Å². The number of ether oxygens (including phenoxy) is 1. The smallest absolute Gasteiger partial charge is 0.264 e. The predicted molar refractivity (Wildman–Crippen MR) is 101 cm³/mol. The molecule has 1 N–H and O–H groups in total. The van der Waals surface area contributed by atoms with Crippen LogP contribution in [0, 0.1) is 0 Å². The van der Waals surface area contributed by atoms with Gasteiger partial charge in [-0.25, -0.2) is 0 Å². The maximum Gasteiger partial charge on any atom is 0.264 e. The number of benzene rings is 2. The lowest BCUT2D eigenvalue weighted by atomic mass is 10.2. The highest BCUT2D eigenvalue weighted by atomic mass is 35.5. The van der Waals surface area contributed by atoms with E-state index in [0.717, 1.165) is 0 Å². The summed E-state index contributed by atoms with van der Waals surface area (Å²) in [5.41, 5.74) is 0.696. The number of hydrogen-bond donors (Lipinski definition) is 1. The molecule has 3 aromatic rings. The van der Waals surface area contributed by atoms with E-state index in [4.69, 9.17) is 39.5 Å². The third-order valence-electron chi connectivity index (χ3n) is 3.02. The number of hydrogen-bond acceptors (Lipinski definition) is 5. The monoisotopic (exact) mass is 413 g/mol. The summed E-state index contributed by atoms with van der Waals surface area (Å²) in [5, 5.41) is 13.1. The minimum Gasteiger partial charge on any atom is -0.484 e. The number of nitrogens with zero attached hydrogens (tertiary/aromatic N) is 2. The molecule has 9 heteroatoms. The Bertz CT molecular complexity index is 900. The zero-order valence-electron chi connectivity index (χ0n) is 12.5. The van der Waals surface area contributed by atoms with Crippen molar-refractivity contribution in [2.24, 2.45) is 0 Å². The van der Waals surface area contributed by atoms with Gasteiger partial charge in [-0.2, -0.15) is 0 Å². The number of aromatic nitrogens is 2. The van der Waals surface area contributed by atoms with Gasteiger partial charge in [-0.1, -0.05) is 46.1 Å². The topological polar surface area (TPSA) is 64.1 Å². The fourth-order valence-corrected chi connectivity index (χ4v) is 3.36. The molecule has 1 heterocycles. The molecular weight excluding hydrogens is 405 g/mol. The molecule has 0 fully saturated rings. The summed E-state index contributed by atoms with van der Waals surface area (Å²) < 4.78 is 5.37. The molecule has 0 aliphatic rings. The maximum absolute atomic E-state index is 11.9. The van der Waals surface area contributed by atoms with Crippen LogP contribution in [0.2, 0.25) is 15.1 Å². The highest BCUT2D eigenvalue weighted by Crippen LogP contribution is 2.33. The molecule has 0 aliphatic carbocycles. The van der Waals surface area contributed by atoms with Crippen molar-refractivity contribution < 1.29 is 9.53 Å². The predicted octanol–water partition coefficient (Wildman–Crippen LogP) is 5.18. The van der Waals surface area contributed by atoms with Crippen LogP contribution in [0.5, 0.6) is 5.75 Å². The van der Waals surface area contributed by atoms with Gasteiger partial charge in [0.05, 0.1) is 5.02 Å². The van der Waals surface area contributed by atoms with Crippen molar-refractivity contribution in [1.29, 1.82) is 0 Å². The van der Waals surface area contributed by atoms with Gasteiger partial charge in [0.25, 0.3) is 5.91 Å². The van der Waals surface area contributed by atoms with Crippen LogP contribution in [-0.2, 0) is 4.79 Å². The second kappa shape index (κ2) is 8.01. The highest BCUT2D eigenvalue weighted by molar-refractivity contribution is 7.18. The molecule has 2 aromatic carbocycles. The van der Waals surface area contributed by atoms with Crippen LogP contribution >= 0.6 is 46.1 Å². The van der Waals surface area contributed by atoms with Gasteiger partial charge in [0, 0.05) is 15.6 Å². The fourth-order valence-electron chi connectivity index (χ4n) is 1.88. The molecule has 0 aliphatic heterocycles. The second-order valence-electron chi connectivity index (χ2n) is 4.83. The number of carbonyl (C=O) groups excluding carboxylic acids is 1. The molecule has 1 amide bonds. The average molecular weight is 415 g/mol. The van der Waals surface area contributed by atoms with Gasteiger partial charge in [0.15, 0.2) is 11.6 Å². The van der Waals surface area contributed by atoms with Gasteiger partial charge in [-0.05, 0) is 42.5 Å². The van der Waals surface area contributed by atoms with E-state index in [2.05, 4.69) is 15.5 Å². The largest absolute Gasteiger partial charge is 0.484 e. The Morgan fingerprint density at radius 1 is 1.04 bits per heavy atom. The Hall–Kier alpha value is -1.86. The number of anilines is 1. The van der Waals surface area contributed by atoms with Crippen molar-refractivity contribution in [3.05, 3.63) is 57.5 Å². The molecule has 3 rings (SSSR count). The van der Waals surface area contributed by atoms with E-state index in [1.54, 1.807) is 42.5 Å². The van der Waals surface area contributed by atoms with E-state index in [1.165, 1.54) is 11.3 Å². The van der Waals surface area contributed by atoms with Gasteiger partial charge in [0.1, 0.15) is 5.75 Å². The lowest BCUT2D eigenvalue weighted by Crippen LogP contribution is -2.20. The molecule has 0 spiro atoms. The summed E-state index contributed by atoms with van der Waals surface area (Å²) in [4.78, 5) is 11.9. The first-order valence-corrected chi connectivity index (χ1v) is 8.93. The summed E-state index contributed by atoms with van der Waals surface area (Å²) in [7, 11) is 0. The lowest BCUT2D eigenvalue weighted by molar-refractivity contribution is -0.118. The van der Waals surface area contributed by atoms with Crippen molar-refractivity contribution in [2.45, 2.75) is 0 Å². The molecule has 0 saturated heterocycles. The Balaban J connectivity index is 1.60. The number of rotatable bonds is 5. The first-order chi connectivity index (χ1) is 12.0. The van der Waals surface area contributed by atoms with Crippen LogP contribution in [0.25, 0.3) is 10.6 Å². The van der Waals surface area contributed by atoms with E-state index in [9.17, 15) is 4.79 Å². The molecule has 0 saturated carbocycles. The molecule has 1 aromatic heterocycles. The molecule has 0 radical (unpaired) electrons. The Labute approximate surface area is 162 Å². The third-order valence-corrected chi connectivity index (χ3v) is 4.69. The van der Waals surface area contributed by atoms with Crippen molar-refractivity contribution in [3.8, 4) is 16.3 Å². The zero-order chi connectivity index (χ0) is 17.8. The Morgan fingerprint density at radius 3 is 2.48 bits per heavy atom. The minimum absolute atomic E-state index is 0.155. The minimum atomic E-state index is -0.347. The quantitative estimate of drug-likeness (QED) is 0.624. The van der Waals surface area contributed by atoms with Crippen LogP contribution in [0.4, 0.5) is 5.13 Å². The molecule has 5 nitrogen and oxygen atoms in total. The summed E-state index contributed by atoms with van der Waals surface area (Å²) in [6.07, 6.45) is 0. The third kappa shape index (κ3) is 4.83. The average Bonchev–Trinajstić information content (AvgIpc) is 3.02. The number of nitrogens with one attached hydrogen (secondary N) is 1. The Morgan fingerprint density at radius 2 is 1.76 bits per heavy atom. The van der Waals surface area contributed by atoms with Gasteiger partial charge in [-0.3, -0.25) is 10.1 Å². The summed E-state index contributed by atoms with van der Waals surface area (Å²) in [6, 6.07) is 11.8. The standard InChI is InChI=1S/C16H10Cl3N3O2S/c17-9-1-4-11(5-2-9)24-8-14(23)20-16-22-21-15(25-16)12-6-3-10(18)7-13(12)19/h1-7H,8H2,(H,20,22,23). The second-order valence-corrected chi connectivity index (χ2v) is 7.08. The molecule has 25 heavy (non-hydrogen) atoms. The van der Waals surface area contributed by atoms with Gasteiger partial charge in [0.2, 0.25) is 5.13 Å². The highest BCUT2D eigenvalue weighted by Gasteiger charge is 2.13. The van der Waals surface area contributed by atoms with Crippen LogP contribution in [0.3, 0.4) is 0 Å². The zero-order valence-corrected chi connectivity index (χ0v) is 15.6. The fraction of sp³-hybridized carbons (Fsp3) is 0.0625. The Kier molecular flexibility index (Phi) is 5.75. The molecule has 128 valence electrons. The maximum atomic E-state index is 11.9. The van der Waals surface area contributed by atoms with Gasteiger partial charge < -0.3 is 4.74 Å². The molecule has 0 bridgehead atoms. The van der Waals surface area contributed by atoms with Gasteiger partial charge >= 0.3 is 0 Å². The SMILES string of the molecule is O=C(COc1ccc(Cl)cc1)Nc1nnc(-c2ccc(Cl)cc2Cl)s1. The molecular formula is C16H10Cl3N3O2S. The van der Waals surface area contributed by atoms with E-state index in [1.807, 2.05) is 0 Å². The van der Waals surface area contributed by atoms with E-state index in [-0.39, 0.29) is 12.5 Å². The summed E-state index contributed by atoms with van der Waals surface area (Å²) in [5.74, 6) is 0.199. The normalized spacial score (nSPS) is 10.5. The van der Waals surface area contributed by atoms with Crippen molar-refractivity contribution in [1.82, 2.24) is 10.2 Å². The van der Waals surface area contributed by atoms with Crippen LogP contribution in [0.15, 0.2) is 42.5 Å². The molecule has 0 atom stereocenters. The summed E-state index contributed by atoms with van der Waals surface area (Å²) >= 11 is 19.0. The van der Waals surface area contributed by atoms with Crippen molar-refractivity contribution >= 4 is 57.2 Å². The number of halogens is 3. The van der Waals surface area contributed by atoms with E-state index >= 15 is 0 Å².